The van der Waals surface area contributed by atoms with Crippen LogP contribution in [0.2, 0.25) is 10.0 Å². The van der Waals surface area contributed by atoms with Crippen LogP contribution in [0.25, 0.3) is 0 Å². The van der Waals surface area contributed by atoms with Gasteiger partial charge in [-0.25, -0.2) is 0 Å². The van der Waals surface area contributed by atoms with Gasteiger partial charge >= 0.3 is 0 Å². The first-order valence-corrected chi connectivity index (χ1v) is 8.00. The molecule has 1 aromatic carbocycles. The lowest BCUT2D eigenvalue weighted by Gasteiger charge is -2.23. The Bertz CT molecular complexity index is 749. The third-order valence-electron chi connectivity index (χ3n) is 3.54. The third kappa shape index (κ3) is 4.24. The molecule has 0 fully saturated rings. The number of benzene rings is 1. The number of nitrogens with one attached hydrogen (secondary N) is 2. The molecule has 2 N–H and O–H groups in total. The highest BCUT2D eigenvalue weighted by Crippen LogP contribution is 2.30. The van der Waals surface area contributed by atoms with Crippen LogP contribution in [0.4, 0.5) is 5.69 Å². The highest BCUT2D eigenvalue weighted by Gasteiger charge is 2.36. The fraction of sp³-hybridized carbons (Fsp3) is 0.235. The van der Waals surface area contributed by atoms with Crippen LogP contribution >= 0.6 is 23.2 Å². The van der Waals surface area contributed by atoms with Crippen molar-refractivity contribution in [1.82, 2.24) is 10.3 Å². The predicted octanol–water partition coefficient (Wildman–Crippen LogP) is 3.67. The Kier molecular flexibility index (Phi) is 5.80. The third-order valence-corrected chi connectivity index (χ3v) is 4.36. The molecule has 0 spiro atoms. The summed E-state index contributed by atoms with van der Waals surface area (Å²) < 4.78 is 0. The maximum absolute atomic E-state index is 12.5. The van der Waals surface area contributed by atoms with E-state index in [0.717, 1.165) is 5.56 Å². The summed E-state index contributed by atoms with van der Waals surface area (Å²) in [5.74, 6) is -0.867. The molecule has 0 aliphatic heterocycles. The van der Waals surface area contributed by atoms with Gasteiger partial charge in [-0.15, -0.1) is 0 Å². The molecule has 24 heavy (non-hydrogen) atoms. The van der Waals surface area contributed by atoms with Crippen LogP contribution in [0.1, 0.15) is 19.4 Å². The van der Waals surface area contributed by atoms with Crippen molar-refractivity contribution in [2.24, 2.45) is 5.41 Å². The molecule has 7 heteroatoms. The van der Waals surface area contributed by atoms with Gasteiger partial charge in [-0.2, -0.15) is 0 Å². The zero-order chi connectivity index (χ0) is 17.7. The van der Waals surface area contributed by atoms with E-state index in [-0.39, 0.29) is 5.02 Å². The Balaban J connectivity index is 2.03. The molecular weight excluding hydrogens is 349 g/mol. The Morgan fingerprint density at radius 3 is 2.42 bits per heavy atom. The van der Waals surface area contributed by atoms with Crippen LogP contribution in [0.3, 0.4) is 0 Å². The van der Waals surface area contributed by atoms with Crippen molar-refractivity contribution in [3.8, 4) is 0 Å². The first-order valence-electron chi connectivity index (χ1n) is 7.25. The topological polar surface area (TPSA) is 71.1 Å². The molecule has 0 saturated carbocycles. The average molecular weight is 366 g/mol. The number of nitrogens with zero attached hydrogens (tertiary/aromatic N) is 1. The Hall–Kier alpha value is -2.11. The average Bonchev–Trinajstić information content (AvgIpc) is 2.57. The molecule has 0 saturated heterocycles. The summed E-state index contributed by atoms with van der Waals surface area (Å²) in [6.45, 7) is 3.40. The highest BCUT2D eigenvalue weighted by atomic mass is 35.5. The van der Waals surface area contributed by atoms with Crippen molar-refractivity contribution >= 4 is 40.7 Å². The number of hydrogen-bond donors (Lipinski definition) is 2. The second-order valence-corrected chi connectivity index (χ2v) is 6.50. The minimum absolute atomic E-state index is 0.237. The summed E-state index contributed by atoms with van der Waals surface area (Å²) in [5, 5.41) is 5.95. The molecule has 0 atom stereocenters. The minimum Gasteiger partial charge on any atom is -0.351 e. The summed E-state index contributed by atoms with van der Waals surface area (Å²) in [6, 6.07) is 8.49. The van der Waals surface area contributed by atoms with Gasteiger partial charge in [0.15, 0.2) is 0 Å². The lowest BCUT2D eigenvalue weighted by atomic mass is 9.91. The quantitative estimate of drug-likeness (QED) is 0.794. The smallest absolute Gasteiger partial charge is 0.239 e. The van der Waals surface area contributed by atoms with E-state index in [9.17, 15) is 9.59 Å². The normalized spacial score (nSPS) is 11.0. The minimum atomic E-state index is -1.28. The molecule has 2 amide bonds. The summed E-state index contributed by atoms with van der Waals surface area (Å²) in [5.41, 5.74) is -0.0183. The number of amides is 2. The largest absolute Gasteiger partial charge is 0.351 e. The van der Waals surface area contributed by atoms with Crippen LogP contribution in [0, 0.1) is 5.41 Å². The van der Waals surface area contributed by atoms with E-state index in [0.29, 0.717) is 17.3 Å². The molecule has 5 nitrogen and oxygen atoms in total. The summed E-state index contributed by atoms with van der Waals surface area (Å²) in [4.78, 5) is 28.8. The fourth-order valence-electron chi connectivity index (χ4n) is 1.89. The Morgan fingerprint density at radius 2 is 1.75 bits per heavy atom. The molecule has 0 radical (unpaired) electrons. The number of rotatable bonds is 5. The van der Waals surface area contributed by atoms with Gasteiger partial charge in [0.2, 0.25) is 11.8 Å². The SMILES string of the molecule is CC(C)(C(=O)NCc1ccncc1)C(=O)Nc1cccc(Cl)c1Cl. The Morgan fingerprint density at radius 1 is 1.08 bits per heavy atom. The maximum atomic E-state index is 12.5. The molecule has 0 unspecified atom stereocenters. The van der Waals surface area contributed by atoms with E-state index < -0.39 is 17.2 Å². The van der Waals surface area contributed by atoms with Crippen LogP contribution < -0.4 is 10.6 Å². The summed E-state index contributed by atoms with van der Waals surface area (Å²) >= 11 is 12.0. The van der Waals surface area contributed by atoms with Gasteiger partial charge < -0.3 is 10.6 Å². The molecule has 2 rings (SSSR count). The number of pyridine rings is 1. The summed E-state index contributed by atoms with van der Waals surface area (Å²) in [7, 11) is 0. The lowest BCUT2D eigenvalue weighted by Crippen LogP contribution is -2.44. The maximum Gasteiger partial charge on any atom is 0.239 e. The number of halogens is 2. The van der Waals surface area contributed by atoms with Gasteiger partial charge in [0.1, 0.15) is 5.41 Å². The number of carbonyl (C=O) groups excluding carboxylic acids is 2. The monoisotopic (exact) mass is 365 g/mol. The molecule has 1 aromatic heterocycles. The van der Waals surface area contributed by atoms with Crippen molar-refractivity contribution in [1.29, 1.82) is 0 Å². The van der Waals surface area contributed by atoms with Crippen LogP contribution in [-0.2, 0) is 16.1 Å². The van der Waals surface area contributed by atoms with E-state index in [4.69, 9.17) is 23.2 Å². The van der Waals surface area contributed by atoms with E-state index in [1.807, 2.05) is 0 Å². The van der Waals surface area contributed by atoms with Gasteiger partial charge in [0.25, 0.3) is 0 Å². The second-order valence-electron chi connectivity index (χ2n) is 5.72. The first kappa shape index (κ1) is 18.2. The van der Waals surface area contributed by atoms with Crippen LogP contribution in [0.15, 0.2) is 42.7 Å². The van der Waals surface area contributed by atoms with E-state index >= 15 is 0 Å². The number of carbonyl (C=O) groups is 2. The molecule has 0 aliphatic rings. The highest BCUT2D eigenvalue weighted by molar-refractivity contribution is 6.44. The van der Waals surface area contributed by atoms with Gasteiger partial charge in [0, 0.05) is 18.9 Å². The fourth-order valence-corrected chi connectivity index (χ4v) is 2.23. The molecule has 126 valence electrons. The molecule has 0 bridgehead atoms. The molecular formula is C17H17Cl2N3O2. The van der Waals surface area contributed by atoms with Gasteiger partial charge in [-0.3, -0.25) is 14.6 Å². The van der Waals surface area contributed by atoms with E-state index in [2.05, 4.69) is 15.6 Å². The predicted molar refractivity (Wildman–Crippen MR) is 95.0 cm³/mol. The standard InChI is InChI=1S/C17H17Cl2N3O2/c1-17(2,15(23)21-10-11-6-8-20-9-7-11)16(24)22-13-5-3-4-12(18)14(13)19/h3-9H,10H2,1-2H3,(H,21,23)(H,22,24). The van der Waals surface area contributed by atoms with Crippen molar-refractivity contribution in [2.75, 3.05) is 5.32 Å². The molecule has 1 heterocycles. The number of hydrogen-bond acceptors (Lipinski definition) is 3. The van der Waals surface area contributed by atoms with Gasteiger partial charge in [-0.05, 0) is 43.7 Å². The zero-order valence-electron chi connectivity index (χ0n) is 13.3. The summed E-state index contributed by atoms with van der Waals surface area (Å²) in [6.07, 6.45) is 3.28. The van der Waals surface area contributed by atoms with E-state index in [1.165, 1.54) is 0 Å². The van der Waals surface area contributed by atoms with Crippen molar-refractivity contribution in [2.45, 2.75) is 20.4 Å². The molecule has 0 aliphatic carbocycles. The lowest BCUT2D eigenvalue weighted by molar-refractivity contribution is -0.138. The zero-order valence-corrected chi connectivity index (χ0v) is 14.8. The van der Waals surface area contributed by atoms with Gasteiger partial charge in [-0.1, -0.05) is 29.3 Å². The first-order chi connectivity index (χ1) is 11.3. The van der Waals surface area contributed by atoms with Gasteiger partial charge in [0.05, 0.1) is 15.7 Å². The van der Waals surface area contributed by atoms with Crippen LogP contribution in [-0.4, -0.2) is 16.8 Å². The van der Waals surface area contributed by atoms with Crippen molar-refractivity contribution < 1.29 is 9.59 Å². The van der Waals surface area contributed by atoms with E-state index in [1.54, 1.807) is 56.6 Å². The van der Waals surface area contributed by atoms with Crippen molar-refractivity contribution in [3.05, 3.63) is 58.3 Å². The number of aromatic nitrogens is 1. The van der Waals surface area contributed by atoms with Crippen LogP contribution in [0.5, 0.6) is 0 Å². The molecule has 2 aromatic rings. The number of anilines is 1. The van der Waals surface area contributed by atoms with Crippen molar-refractivity contribution in [3.63, 3.8) is 0 Å². The second kappa shape index (κ2) is 7.64. The Labute approximate surface area is 150 Å².